The number of benzene rings is 4. The number of carbonyl (C=O) groups excluding carboxylic acids is 2. The Kier molecular flexibility index (Phi) is 6.52. The highest BCUT2D eigenvalue weighted by atomic mass is 35.5. The minimum Gasteiger partial charge on any atom is -0.322 e. The van der Waals surface area contributed by atoms with Gasteiger partial charge in [0.25, 0.3) is 11.8 Å². The fraction of sp³-hybridized carbons (Fsp3) is 0.0714. The molecule has 1 aliphatic rings. The lowest BCUT2D eigenvalue weighted by molar-refractivity contribution is 0.0984. The fourth-order valence-corrected chi connectivity index (χ4v) is 4.78. The quantitative estimate of drug-likeness (QED) is 0.301. The van der Waals surface area contributed by atoms with Crippen molar-refractivity contribution in [1.82, 2.24) is 0 Å². The van der Waals surface area contributed by atoms with Gasteiger partial charge in [-0.2, -0.15) is 0 Å². The normalized spacial score (nSPS) is 12.4. The van der Waals surface area contributed by atoms with Crippen LogP contribution in [0.5, 0.6) is 0 Å². The molecule has 0 spiro atoms. The molecule has 7 heteroatoms. The first kappa shape index (κ1) is 23.4. The highest BCUT2D eigenvalue weighted by Crippen LogP contribution is 2.33. The molecule has 0 fully saturated rings. The number of nitrogens with one attached hydrogen (secondary N) is 1. The summed E-state index contributed by atoms with van der Waals surface area (Å²) in [6.45, 7) is 0.454. The van der Waals surface area contributed by atoms with E-state index in [0.29, 0.717) is 39.3 Å². The summed E-state index contributed by atoms with van der Waals surface area (Å²) in [6.07, 6.45) is 0.701. The third-order valence-corrected chi connectivity index (χ3v) is 6.77. The van der Waals surface area contributed by atoms with Crippen LogP contribution in [0.2, 0.25) is 15.1 Å². The Hall–Kier alpha value is -3.31. The van der Waals surface area contributed by atoms with Crippen molar-refractivity contribution in [3.05, 3.63) is 128 Å². The van der Waals surface area contributed by atoms with Crippen molar-refractivity contribution in [1.29, 1.82) is 0 Å². The van der Waals surface area contributed by atoms with E-state index < -0.39 is 0 Å². The predicted octanol–water partition coefficient (Wildman–Crippen LogP) is 7.65. The number of hydrogen-bond acceptors (Lipinski definition) is 2. The standard InChI is InChI=1S/C28H19Cl3N2O2/c29-21-8-12-26-20(14-21)13-18-3-1-2-4-19(18)16-33(26)28(35)17-5-9-23(10-6-17)32-27(34)24-15-22(30)7-11-25(24)31/h1-12,14-15H,13,16H2,(H,32,34). The summed E-state index contributed by atoms with van der Waals surface area (Å²) < 4.78 is 0. The van der Waals surface area contributed by atoms with Gasteiger partial charge in [-0.05, 0) is 83.8 Å². The maximum atomic E-state index is 13.6. The van der Waals surface area contributed by atoms with E-state index in [2.05, 4.69) is 11.4 Å². The summed E-state index contributed by atoms with van der Waals surface area (Å²) in [5, 5.41) is 4.15. The molecular weight excluding hydrogens is 503 g/mol. The molecule has 2 amide bonds. The Morgan fingerprint density at radius 1 is 0.743 bits per heavy atom. The first-order valence-electron chi connectivity index (χ1n) is 10.9. The van der Waals surface area contributed by atoms with Crippen LogP contribution >= 0.6 is 34.8 Å². The molecule has 1 heterocycles. The van der Waals surface area contributed by atoms with Crippen LogP contribution in [0.15, 0.2) is 84.9 Å². The lowest BCUT2D eigenvalue weighted by Crippen LogP contribution is -2.30. The number of rotatable bonds is 3. The molecule has 0 bridgehead atoms. The molecule has 0 aliphatic carbocycles. The van der Waals surface area contributed by atoms with Crippen LogP contribution in [-0.2, 0) is 13.0 Å². The molecule has 5 rings (SSSR count). The monoisotopic (exact) mass is 520 g/mol. The molecule has 0 atom stereocenters. The number of nitrogens with zero attached hydrogens (tertiary/aromatic N) is 1. The summed E-state index contributed by atoms with van der Waals surface area (Å²) in [5.74, 6) is -0.521. The average Bonchev–Trinajstić information content (AvgIpc) is 3.01. The van der Waals surface area contributed by atoms with Gasteiger partial charge in [0.1, 0.15) is 0 Å². The van der Waals surface area contributed by atoms with Crippen LogP contribution in [0, 0.1) is 0 Å². The smallest absolute Gasteiger partial charge is 0.258 e. The van der Waals surface area contributed by atoms with Gasteiger partial charge in [-0.15, -0.1) is 0 Å². The van der Waals surface area contributed by atoms with Crippen molar-refractivity contribution in [3.8, 4) is 0 Å². The fourth-order valence-electron chi connectivity index (χ4n) is 4.21. The Bertz CT molecular complexity index is 1450. The number of carbonyl (C=O) groups is 2. The van der Waals surface area contributed by atoms with Gasteiger partial charge in [0.2, 0.25) is 0 Å². The van der Waals surface area contributed by atoms with Gasteiger partial charge in [0.05, 0.1) is 17.1 Å². The molecule has 4 aromatic rings. The van der Waals surface area contributed by atoms with Crippen LogP contribution < -0.4 is 10.2 Å². The van der Waals surface area contributed by atoms with E-state index in [-0.39, 0.29) is 17.4 Å². The molecule has 174 valence electrons. The van der Waals surface area contributed by atoms with Crippen LogP contribution in [0.4, 0.5) is 11.4 Å². The van der Waals surface area contributed by atoms with E-state index >= 15 is 0 Å². The second-order valence-electron chi connectivity index (χ2n) is 8.27. The minimum atomic E-state index is -0.383. The minimum absolute atomic E-state index is 0.138. The zero-order valence-corrected chi connectivity index (χ0v) is 20.7. The van der Waals surface area contributed by atoms with Gasteiger partial charge in [0.15, 0.2) is 0 Å². The number of anilines is 2. The van der Waals surface area contributed by atoms with Gasteiger partial charge in [-0.1, -0.05) is 59.1 Å². The number of fused-ring (bicyclic) bond motifs is 2. The van der Waals surface area contributed by atoms with Gasteiger partial charge in [-0.25, -0.2) is 0 Å². The van der Waals surface area contributed by atoms with E-state index in [1.807, 2.05) is 30.3 Å². The largest absolute Gasteiger partial charge is 0.322 e. The van der Waals surface area contributed by atoms with Gasteiger partial charge in [0, 0.05) is 27.0 Å². The Labute approximate surface area is 218 Å². The predicted molar refractivity (Wildman–Crippen MR) is 142 cm³/mol. The first-order valence-corrected chi connectivity index (χ1v) is 12.1. The number of halogens is 3. The molecule has 0 unspecified atom stereocenters. The van der Waals surface area contributed by atoms with Gasteiger partial charge >= 0.3 is 0 Å². The zero-order valence-electron chi connectivity index (χ0n) is 18.4. The topological polar surface area (TPSA) is 49.4 Å². The van der Waals surface area contributed by atoms with Crippen molar-refractivity contribution < 1.29 is 9.59 Å². The van der Waals surface area contributed by atoms with E-state index in [4.69, 9.17) is 34.8 Å². The Balaban J connectivity index is 1.41. The molecule has 4 nitrogen and oxygen atoms in total. The average molecular weight is 522 g/mol. The second-order valence-corrected chi connectivity index (χ2v) is 9.55. The lowest BCUT2D eigenvalue weighted by Gasteiger charge is -2.24. The first-order chi connectivity index (χ1) is 16.9. The van der Waals surface area contributed by atoms with Crippen LogP contribution in [0.3, 0.4) is 0 Å². The summed E-state index contributed by atoms with van der Waals surface area (Å²) in [6, 6.07) is 25.2. The lowest BCUT2D eigenvalue weighted by atomic mass is 10.0. The zero-order chi connectivity index (χ0) is 24.5. The highest BCUT2D eigenvalue weighted by molar-refractivity contribution is 6.36. The Morgan fingerprint density at radius 2 is 1.43 bits per heavy atom. The van der Waals surface area contributed by atoms with Crippen LogP contribution in [-0.4, -0.2) is 11.8 Å². The third-order valence-electron chi connectivity index (χ3n) is 5.97. The number of amides is 2. The molecular formula is C28H19Cl3N2O2. The van der Waals surface area contributed by atoms with Crippen LogP contribution in [0.25, 0.3) is 0 Å². The van der Waals surface area contributed by atoms with Crippen molar-refractivity contribution in [3.63, 3.8) is 0 Å². The molecule has 35 heavy (non-hydrogen) atoms. The van der Waals surface area contributed by atoms with E-state index in [1.54, 1.807) is 47.4 Å². The molecule has 0 aromatic heterocycles. The molecule has 1 aliphatic heterocycles. The van der Waals surface area contributed by atoms with Crippen LogP contribution in [0.1, 0.15) is 37.4 Å². The summed E-state index contributed by atoms with van der Waals surface area (Å²) >= 11 is 18.4. The molecule has 0 saturated heterocycles. The maximum Gasteiger partial charge on any atom is 0.258 e. The molecule has 1 N–H and O–H groups in total. The molecule has 0 saturated carbocycles. The van der Waals surface area contributed by atoms with Crippen molar-refractivity contribution >= 4 is 58.0 Å². The van der Waals surface area contributed by atoms with E-state index in [0.717, 1.165) is 16.8 Å². The van der Waals surface area contributed by atoms with Crippen molar-refractivity contribution in [2.45, 2.75) is 13.0 Å². The number of hydrogen-bond donors (Lipinski definition) is 1. The van der Waals surface area contributed by atoms with E-state index in [9.17, 15) is 9.59 Å². The van der Waals surface area contributed by atoms with Crippen molar-refractivity contribution in [2.24, 2.45) is 0 Å². The summed E-state index contributed by atoms with van der Waals surface area (Å²) in [5.41, 5.74) is 5.42. The van der Waals surface area contributed by atoms with Gasteiger partial charge < -0.3 is 10.2 Å². The molecule has 4 aromatic carbocycles. The third kappa shape index (κ3) is 4.92. The van der Waals surface area contributed by atoms with Gasteiger partial charge in [-0.3, -0.25) is 9.59 Å². The van der Waals surface area contributed by atoms with E-state index in [1.165, 1.54) is 11.6 Å². The molecule has 0 radical (unpaired) electrons. The highest BCUT2D eigenvalue weighted by Gasteiger charge is 2.25. The summed E-state index contributed by atoms with van der Waals surface area (Å²) in [4.78, 5) is 28.0. The Morgan fingerprint density at radius 3 is 2.20 bits per heavy atom. The summed E-state index contributed by atoms with van der Waals surface area (Å²) in [7, 11) is 0. The SMILES string of the molecule is O=C(Nc1ccc(C(=O)N2Cc3ccccc3Cc3cc(Cl)ccc32)cc1)c1cc(Cl)ccc1Cl. The second kappa shape index (κ2) is 9.74. The maximum absolute atomic E-state index is 13.6. The van der Waals surface area contributed by atoms with Crippen molar-refractivity contribution in [2.75, 3.05) is 10.2 Å².